The number of oxime groups is 1. The van der Waals surface area contributed by atoms with E-state index in [2.05, 4.69) is 15.5 Å². The molecular formula is C11H11N3O2. The van der Waals surface area contributed by atoms with Gasteiger partial charge in [0.2, 0.25) is 5.91 Å². The number of hydrogen-bond acceptors (Lipinski definition) is 4. The van der Waals surface area contributed by atoms with E-state index < -0.39 is 0 Å². The Bertz CT molecular complexity index is 492. The smallest absolute Gasteiger partial charge is 0.217 e. The van der Waals surface area contributed by atoms with Gasteiger partial charge in [-0.2, -0.15) is 0 Å². The third-order valence-corrected chi connectivity index (χ3v) is 2.31. The van der Waals surface area contributed by atoms with Crippen LogP contribution in [0.25, 0.3) is 0 Å². The highest BCUT2D eigenvalue weighted by Crippen LogP contribution is 2.25. The third kappa shape index (κ3) is 1.93. The molecule has 0 aliphatic carbocycles. The number of nitrogens with zero attached hydrogens (tertiary/aromatic N) is 2. The van der Waals surface area contributed by atoms with Gasteiger partial charge >= 0.3 is 0 Å². The molecule has 1 heterocycles. The molecule has 5 nitrogen and oxygen atoms in total. The molecule has 0 bridgehead atoms. The van der Waals surface area contributed by atoms with Crippen molar-refractivity contribution < 1.29 is 10.0 Å². The van der Waals surface area contributed by atoms with Gasteiger partial charge in [-0.25, -0.2) is 0 Å². The van der Waals surface area contributed by atoms with Crippen LogP contribution in [-0.4, -0.2) is 23.0 Å². The lowest BCUT2D eigenvalue weighted by molar-refractivity contribution is -0.119. The highest BCUT2D eigenvalue weighted by Gasteiger charge is 2.14. The van der Waals surface area contributed by atoms with Crippen LogP contribution in [0.4, 0.5) is 5.69 Å². The fraction of sp³-hybridized carbons (Fsp3) is 0.182. The van der Waals surface area contributed by atoms with E-state index in [0.29, 0.717) is 12.3 Å². The summed E-state index contributed by atoms with van der Waals surface area (Å²) in [5.74, 6) is -0.0680. The van der Waals surface area contributed by atoms with Crippen molar-refractivity contribution >= 4 is 23.5 Å². The van der Waals surface area contributed by atoms with Crippen molar-refractivity contribution in [3.05, 3.63) is 29.3 Å². The molecule has 0 saturated carbocycles. The number of nitrogens with one attached hydrogen (secondary N) is 1. The summed E-state index contributed by atoms with van der Waals surface area (Å²) in [6, 6.07) is 5.56. The molecule has 16 heavy (non-hydrogen) atoms. The first kappa shape index (κ1) is 10.4. The van der Waals surface area contributed by atoms with Gasteiger partial charge in [-0.15, -0.1) is 0 Å². The van der Waals surface area contributed by atoms with Crippen LogP contribution < -0.4 is 5.32 Å². The summed E-state index contributed by atoms with van der Waals surface area (Å²) >= 11 is 0. The topological polar surface area (TPSA) is 74.0 Å². The van der Waals surface area contributed by atoms with E-state index in [1.807, 2.05) is 18.2 Å². The summed E-state index contributed by atoms with van der Waals surface area (Å²) in [5, 5.41) is 14.5. The Kier molecular flexibility index (Phi) is 2.68. The number of rotatable bonds is 2. The molecule has 0 saturated heterocycles. The van der Waals surface area contributed by atoms with Gasteiger partial charge in [-0.05, 0) is 11.6 Å². The number of hydrogen-bond donors (Lipinski definition) is 2. The lowest BCUT2D eigenvalue weighted by atomic mass is 10.1. The molecule has 0 aromatic heterocycles. The Morgan fingerprint density at radius 3 is 3.06 bits per heavy atom. The maximum atomic E-state index is 10.8. The van der Waals surface area contributed by atoms with Gasteiger partial charge in [-0.3, -0.25) is 9.79 Å². The zero-order chi connectivity index (χ0) is 11.5. The highest BCUT2D eigenvalue weighted by atomic mass is 16.4. The summed E-state index contributed by atoms with van der Waals surface area (Å²) in [6.45, 7) is 1.95. The maximum absolute atomic E-state index is 10.8. The fourth-order valence-corrected chi connectivity index (χ4v) is 1.52. The largest absolute Gasteiger partial charge is 0.410 e. The van der Waals surface area contributed by atoms with Crippen LogP contribution in [0.5, 0.6) is 0 Å². The molecule has 2 N–H and O–H groups in total. The molecule has 0 atom stereocenters. The Labute approximate surface area is 92.5 Å². The molecule has 1 aliphatic heterocycles. The average Bonchev–Trinajstić information content (AvgIpc) is 2.68. The van der Waals surface area contributed by atoms with E-state index in [9.17, 15) is 4.79 Å². The molecule has 0 fully saturated rings. The van der Waals surface area contributed by atoms with E-state index in [1.54, 1.807) is 0 Å². The van der Waals surface area contributed by atoms with Crippen LogP contribution in [0, 0.1) is 0 Å². The van der Waals surface area contributed by atoms with E-state index >= 15 is 0 Å². The minimum Gasteiger partial charge on any atom is -0.410 e. The van der Waals surface area contributed by atoms with Crippen molar-refractivity contribution in [1.82, 2.24) is 5.32 Å². The summed E-state index contributed by atoms with van der Waals surface area (Å²) in [5.41, 5.74) is 2.98. The third-order valence-electron chi connectivity index (χ3n) is 2.31. The van der Waals surface area contributed by atoms with Crippen LogP contribution >= 0.6 is 0 Å². The fourth-order valence-electron chi connectivity index (χ4n) is 1.52. The number of amides is 1. The molecule has 1 aromatic rings. The normalized spacial score (nSPS) is 15.2. The van der Waals surface area contributed by atoms with Crippen LogP contribution in [-0.2, 0) is 11.3 Å². The number of fused-ring (bicyclic) bond motifs is 1. The van der Waals surface area contributed by atoms with Gasteiger partial charge in [0, 0.05) is 19.0 Å². The lowest BCUT2D eigenvalue weighted by Crippen LogP contribution is -2.18. The van der Waals surface area contributed by atoms with Gasteiger partial charge in [0.15, 0.2) is 0 Å². The van der Waals surface area contributed by atoms with E-state index in [4.69, 9.17) is 5.21 Å². The van der Waals surface area contributed by atoms with E-state index in [-0.39, 0.29) is 5.91 Å². The lowest BCUT2D eigenvalue weighted by Gasteiger charge is -2.04. The second kappa shape index (κ2) is 4.14. The summed E-state index contributed by atoms with van der Waals surface area (Å²) in [4.78, 5) is 14.9. The van der Waals surface area contributed by atoms with Crippen molar-refractivity contribution in [3.8, 4) is 0 Å². The molecule has 1 amide bonds. The molecule has 0 spiro atoms. The SMILES string of the molecule is CC(=O)NCc1ccc2c(c1)N=CC2=NO. The van der Waals surface area contributed by atoms with Gasteiger partial charge in [0.1, 0.15) is 5.71 Å². The van der Waals surface area contributed by atoms with Crippen molar-refractivity contribution in [2.24, 2.45) is 10.1 Å². The molecule has 5 heteroatoms. The van der Waals surface area contributed by atoms with Crippen molar-refractivity contribution in [1.29, 1.82) is 0 Å². The van der Waals surface area contributed by atoms with Gasteiger partial charge < -0.3 is 10.5 Å². The standard InChI is InChI=1S/C11H11N3O2/c1-7(15)12-5-8-2-3-9-10(4-8)13-6-11(9)14-16/h2-4,6,16H,5H2,1H3,(H,12,15). The predicted octanol–water partition coefficient (Wildman–Crippen LogP) is 1.22. The van der Waals surface area contributed by atoms with Crippen LogP contribution in [0.2, 0.25) is 0 Å². The minimum absolute atomic E-state index is 0.0680. The first-order valence-corrected chi connectivity index (χ1v) is 4.84. The summed E-state index contributed by atoms with van der Waals surface area (Å²) < 4.78 is 0. The molecule has 82 valence electrons. The van der Waals surface area contributed by atoms with Crippen LogP contribution in [0.3, 0.4) is 0 Å². The Morgan fingerprint density at radius 1 is 1.56 bits per heavy atom. The van der Waals surface area contributed by atoms with Crippen molar-refractivity contribution in [3.63, 3.8) is 0 Å². The number of aliphatic imine (C=N–C) groups is 1. The van der Waals surface area contributed by atoms with E-state index in [1.165, 1.54) is 13.1 Å². The highest BCUT2D eigenvalue weighted by molar-refractivity contribution is 6.42. The van der Waals surface area contributed by atoms with Gasteiger partial charge in [0.05, 0.1) is 11.9 Å². The molecule has 0 radical (unpaired) electrons. The first-order valence-electron chi connectivity index (χ1n) is 4.84. The Balaban J connectivity index is 2.21. The van der Waals surface area contributed by atoms with Crippen LogP contribution in [0.1, 0.15) is 18.1 Å². The average molecular weight is 217 g/mol. The quantitative estimate of drug-likeness (QED) is 0.577. The zero-order valence-corrected chi connectivity index (χ0v) is 8.77. The minimum atomic E-state index is -0.0680. The predicted molar refractivity (Wildman–Crippen MR) is 60.4 cm³/mol. The molecule has 1 aliphatic rings. The molecule has 2 rings (SSSR count). The summed E-state index contributed by atoms with van der Waals surface area (Å²) in [7, 11) is 0. The molecule has 0 unspecified atom stereocenters. The van der Waals surface area contributed by atoms with Crippen LogP contribution in [0.15, 0.2) is 28.3 Å². The molecule has 1 aromatic carbocycles. The maximum Gasteiger partial charge on any atom is 0.217 e. The number of carbonyl (C=O) groups excluding carboxylic acids is 1. The Morgan fingerprint density at radius 2 is 2.38 bits per heavy atom. The van der Waals surface area contributed by atoms with Gasteiger partial charge in [-0.1, -0.05) is 17.3 Å². The Hall–Kier alpha value is -2.17. The van der Waals surface area contributed by atoms with Crippen molar-refractivity contribution in [2.75, 3.05) is 0 Å². The summed E-state index contributed by atoms with van der Waals surface area (Å²) in [6.07, 6.45) is 1.51. The van der Waals surface area contributed by atoms with Crippen molar-refractivity contribution in [2.45, 2.75) is 13.5 Å². The molecular weight excluding hydrogens is 206 g/mol. The number of benzene rings is 1. The van der Waals surface area contributed by atoms with Gasteiger partial charge in [0.25, 0.3) is 0 Å². The second-order valence-corrected chi connectivity index (χ2v) is 3.50. The number of carbonyl (C=O) groups is 1. The first-order chi connectivity index (χ1) is 7.70. The zero-order valence-electron chi connectivity index (χ0n) is 8.77. The monoisotopic (exact) mass is 217 g/mol. The second-order valence-electron chi connectivity index (χ2n) is 3.50. The van der Waals surface area contributed by atoms with E-state index in [0.717, 1.165) is 16.8 Å².